The lowest BCUT2D eigenvalue weighted by atomic mass is 9.96. The molecule has 0 bridgehead atoms. The maximum Gasteiger partial charge on any atom is 0.260 e. The Hall–Kier alpha value is -2.15. The number of ether oxygens (including phenoxy) is 1. The fourth-order valence-electron chi connectivity index (χ4n) is 3.57. The summed E-state index contributed by atoms with van der Waals surface area (Å²) in [5, 5.41) is 4.12. The number of anilines is 1. The molecule has 7 nitrogen and oxygen atoms in total. The fraction of sp³-hybridized carbons (Fsp3) is 0.632. The molecule has 1 N–H and O–H groups in total. The maximum atomic E-state index is 13.4. The summed E-state index contributed by atoms with van der Waals surface area (Å²) in [6, 6.07) is 0. The van der Waals surface area contributed by atoms with Gasteiger partial charge in [0.15, 0.2) is 0 Å². The van der Waals surface area contributed by atoms with Gasteiger partial charge in [0.1, 0.15) is 24.1 Å². The average molecular weight is 358 g/mol. The third kappa shape index (κ3) is 2.84. The van der Waals surface area contributed by atoms with Crippen molar-refractivity contribution in [2.75, 3.05) is 11.9 Å². The lowest BCUT2D eigenvalue weighted by molar-refractivity contribution is -0.231. The van der Waals surface area contributed by atoms with Crippen LogP contribution in [-0.4, -0.2) is 44.7 Å². The van der Waals surface area contributed by atoms with Crippen LogP contribution in [0.2, 0.25) is 0 Å². The highest BCUT2D eigenvalue weighted by Crippen LogP contribution is 2.41. The van der Waals surface area contributed by atoms with E-state index in [2.05, 4.69) is 22.2 Å². The highest BCUT2D eigenvalue weighted by molar-refractivity contribution is 6.10. The Labute approximate surface area is 153 Å². The Balaban J connectivity index is 1.73. The first-order valence-corrected chi connectivity index (χ1v) is 9.24. The molecule has 0 aromatic carbocycles. The number of aryl methyl sites for hydroxylation is 1. The van der Waals surface area contributed by atoms with Gasteiger partial charge in [-0.1, -0.05) is 0 Å². The van der Waals surface area contributed by atoms with E-state index in [0.29, 0.717) is 34.8 Å². The van der Waals surface area contributed by atoms with E-state index in [9.17, 15) is 4.79 Å². The summed E-state index contributed by atoms with van der Waals surface area (Å²) in [6.45, 7) is 10.6. The minimum Gasteiger partial charge on any atom is -0.442 e. The van der Waals surface area contributed by atoms with Crippen LogP contribution in [0.1, 0.15) is 63.1 Å². The van der Waals surface area contributed by atoms with Crippen LogP contribution in [0.5, 0.6) is 0 Å². The summed E-state index contributed by atoms with van der Waals surface area (Å²) in [7, 11) is 0. The standard InChI is InChI=1S/C19H26N4O3/c1-6-23(12-9-18(3,4)26-12)17(24)13-11(2)25-16-14(13)15(20-10-21-16)22-19(5)7-8-19/h10,12H,6-9H2,1-5H3,(H,20,21,22). The smallest absolute Gasteiger partial charge is 0.260 e. The summed E-state index contributed by atoms with van der Waals surface area (Å²) in [6.07, 6.45) is 4.27. The molecule has 0 spiro atoms. The Morgan fingerprint density at radius 3 is 2.62 bits per heavy atom. The van der Waals surface area contributed by atoms with Gasteiger partial charge in [-0.3, -0.25) is 4.79 Å². The largest absolute Gasteiger partial charge is 0.442 e. The molecule has 1 saturated carbocycles. The summed E-state index contributed by atoms with van der Waals surface area (Å²) in [4.78, 5) is 23.7. The Morgan fingerprint density at radius 2 is 2.04 bits per heavy atom. The van der Waals surface area contributed by atoms with Gasteiger partial charge >= 0.3 is 0 Å². The van der Waals surface area contributed by atoms with Crippen molar-refractivity contribution in [2.45, 2.75) is 71.2 Å². The highest BCUT2D eigenvalue weighted by atomic mass is 16.6. The Morgan fingerprint density at radius 1 is 1.35 bits per heavy atom. The zero-order valence-corrected chi connectivity index (χ0v) is 16.0. The first kappa shape index (κ1) is 17.3. The van der Waals surface area contributed by atoms with Gasteiger partial charge in [0.25, 0.3) is 5.91 Å². The fourth-order valence-corrected chi connectivity index (χ4v) is 3.57. The number of amides is 1. The second-order valence-corrected chi connectivity index (χ2v) is 8.25. The zero-order chi connectivity index (χ0) is 18.7. The van der Waals surface area contributed by atoms with Crippen molar-refractivity contribution in [1.29, 1.82) is 0 Å². The predicted molar refractivity (Wildman–Crippen MR) is 98.1 cm³/mol. The van der Waals surface area contributed by atoms with Crippen LogP contribution in [0.4, 0.5) is 5.82 Å². The van der Waals surface area contributed by atoms with E-state index in [-0.39, 0.29) is 23.3 Å². The molecule has 2 aromatic rings. The lowest BCUT2D eigenvalue weighted by Crippen LogP contribution is -2.56. The third-order valence-electron chi connectivity index (χ3n) is 5.37. The predicted octanol–water partition coefficient (Wildman–Crippen LogP) is 3.48. The second-order valence-electron chi connectivity index (χ2n) is 8.25. The van der Waals surface area contributed by atoms with Crippen LogP contribution < -0.4 is 5.32 Å². The van der Waals surface area contributed by atoms with Crippen molar-refractivity contribution in [3.05, 3.63) is 17.7 Å². The first-order valence-electron chi connectivity index (χ1n) is 9.24. The topological polar surface area (TPSA) is 80.5 Å². The van der Waals surface area contributed by atoms with E-state index in [0.717, 1.165) is 19.3 Å². The van der Waals surface area contributed by atoms with Gasteiger partial charge < -0.3 is 19.4 Å². The number of carbonyl (C=O) groups is 1. The number of rotatable bonds is 5. The van der Waals surface area contributed by atoms with Crippen LogP contribution in [0.25, 0.3) is 11.1 Å². The van der Waals surface area contributed by atoms with Gasteiger partial charge in [-0.25, -0.2) is 9.97 Å². The molecule has 2 aromatic heterocycles. The third-order valence-corrected chi connectivity index (χ3v) is 5.37. The number of hydrogen-bond acceptors (Lipinski definition) is 6. The van der Waals surface area contributed by atoms with E-state index in [1.165, 1.54) is 6.33 Å². The van der Waals surface area contributed by atoms with Gasteiger partial charge in [0, 0.05) is 18.5 Å². The average Bonchev–Trinajstić information content (AvgIpc) is 3.15. The summed E-state index contributed by atoms with van der Waals surface area (Å²) in [5.41, 5.74) is 0.835. The molecule has 1 saturated heterocycles. The van der Waals surface area contributed by atoms with Crippen molar-refractivity contribution in [3.8, 4) is 0 Å². The van der Waals surface area contributed by atoms with E-state index in [1.807, 2.05) is 20.8 Å². The first-order chi connectivity index (χ1) is 12.2. The number of nitrogens with zero attached hydrogens (tertiary/aromatic N) is 3. The number of carbonyl (C=O) groups excluding carboxylic acids is 1. The molecule has 1 aliphatic heterocycles. The quantitative estimate of drug-likeness (QED) is 0.881. The van der Waals surface area contributed by atoms with Crippen molar-refractivity contribution in [2.24, 2.45) is 0 Å². The minimum absolute atomic E-state index is 0.0400. The molecule has 2 aliphatic rings. The Kier molecular flexibility index (Phi) is 3.77. The molecule has 1 amide bonds. The molecule has 4 rings (SSSR count). The number of nitrogens with one attached hydrogen (secondary N) is 1. The van der Waals surface area contributed by atoms with Gasteiger partial charge in [-0.2, -0.15) is 0 Å². The monoisotopic (exact) mass is 358 g/mol. The second kappa shape index (κ2) is 5.67. The molecule has 2 fully saturated rings. The number of aromatic nitrogens is 2. The number of furan rings is 1. The van der Waals surface area contributed by atoms with E-state index in [4.69, 9.17) is 9.15 Å². The van der Waals surface area contributed by atoms with Crippen molar-refractivity contribution < 1.29 is 13.9 Å². The molecule has 7 heteroatoms. The SMILES string of the molecule is CCN(C(=O)c1c(C)oc2ncnc(NC3(C)CC3)c12)C1CC(C)(C)O1. The lowest BCUT2D eigenvalue weighted by Gasteiger charge is -2.47. The van der Waals surface area contributed by atoms with Crippen LogP contribution in [0.3, 0.4) is 0 Å². The van der Waals surface area contributed by atoms with E-state index in [1.54, 1.807) is 11.8 Å². The number of fused-ring (bicyclic) bond motifs is 1. The molecule has 1 atom stereocenters. The van der Waals surface area contributed by atoms with Crippen LogP contribution in [0.15, 0.2) is 10.7 Å². The molecule has 3 heterocycles. The van der Waals surface area contributed by atoms with Gasteiger partial charge in [0.05, 0.1) is 16.6 Å². The van der Waals surface area contributed by atoms with Crippen molar-refractivity contribution in [3.63, 3.8) is 0 Å². The normalized spacial score (nSPS) is 22.7. The minimum atomic E-state index is -0.200. The summed E-state index contributed by atoms with van der Waals surface area (Å²) in [5.74, 6) is 1.13. The van der Waals surface area contributed by atoms with Crippen LogP contribution in [-0.2, 0) is 4.74 Å². The molecule has 140 valence electrons. The summed E-state index contributed by atoms with van der Waals surface area (Å²) >= 11 is 0. The van der Waals surface area contributed by atoms with Gasteiger partial charge in [-0.05, 0) is 47.5 Å². The van der Waals surface area contributed by atoms with Crippen LogP contribution >= 0.6 is 0 Å². The molecule has 1 unspecified atom stereocenters. The van der Waals surface area contributed by atoms with Crippen molar-refractivity contribution in [1.82, 2.24) is 14.9 Å². The molecule has 0 radical (unpaired) electrons. The van der Waals surface area contributed by atoms with Crippen molar-refractivity contribution >= 4 is 22.8 Å². The zero-order valence-electron chi connectivity index (χ0n) is 16.0. The molecular weight excluding hydrogens is 332 g/mol. The van der Waals surface area contributed by atoms with Gasteiger partial charge in [-0.15, -0.1) is 0 Å². The molecular formula is C19H26N4O3. The molecule has 26 heavy (non-hydrogen) atoms. The molecule has 1 aliphatic carbocycles. The number of hydrogen-bond donors (Lipinski definition) is 1. The Bertz CT molecular complexity index is 861. The van der Waals surface area contributed by atoms with E-state index >= 15 is 0 Å². The van der Waals surface area contributed by atoms with E-state index < -0.39 is 0 Å². The highest BCUT2D eigenvalue weighted by Gasteiger charge is 2.43. The van der Waals surface area contributed by atoms with Crippen LogP contribution in [0, 0.1) is 6.92 Å². The van der Waals surface area contributed by atoms with Gasteiger partial charge in [0.2, 0.25) is 5.71 Å². The summed E-state index contributed by atoms with van der Waals surface area (Å²) < 4.78 is 11.7. The maximum absolute atomic E-state index is 13.4.